The standard InChI is InChI=1S/C24H20N2O2S/c1-17-7-13-20(14-8-17)25-24-26(21-5-3-2-4-6-21)23(28)22(29-24)15-18-9-11-19(16-27)12-10-18/h2-15,27H,16H2,1H3/b22-15-,25-24-. The van der Waals surface area contributed by atoms with Gasteiger partial charge in [0.05, 0.1) is 22.9 Å². The molecule has 1 N–H and O–H groups in total. The van der Waals surface area contributed by atoms with Crippen LogP contribution in [0.3, 0.4) is 0 Å². The fourth-order valence-corrected chi connectivity index (χ4v) is 3.95. The second kappa shape index (κ2) is 8.47. The molecule has 0 spiro atoms. The number of aryl methyl sites for hydroxylation is 1. The van der Waals surface area contributed by atoms with Crippen molar-refractivity contribution in [3.8, 4) is 0 Å². The van der Waals surface area contributed by atoms with Crippen LogP contribution < -0.4 is 4.90 Å². The van der Waals surface area contributed by atoms with Gasteiger partial charge in [-0.1, -0.05) is 60.2 Å². The van der Waals surface area contributed by atoms with Crippen molar-refractivity contribution in [1.29, 1.82) is 0 Å². The number of amides is 1. The van der Waals surface area contributed by atoms with Crippen molar-refractivity contribution in [1.82, 2.24) is 0 Å². The fraction of sp³-hybridized carbons (Fsp3) is 0.0833. The van der Waals surface area contributed by atoms with Crippen LogP contribution in [0.5, 0.6) is 0 Å². The molecule has 1 aliphatic heterocycles. The molecule has 0 bridgehead atoms. The molecule has 1 heterocycles. The number of carbonyl (C=O) groups excluding carboxylic acids is 1. The molecular formula is C24H20N2O2S. The number of rotatable bonds is 4. The van der Waals surface area contributed by atoms with Crippen LogP contribution in [0.4, 0.5) is 11.4 Å². The number of thioether (sulfide) groups is 1. The van der Waals surface area contributed by atoms with E-state index in [0.29, 0.717) is 10.1 Å². The number of carbonyl (C=O) groups is 1. The molecule has 4 rings (SSSR count). The highest BCUT2D eigenvalue weighted by Gasteiger charge is 2.34. The first-order chi connectivity index (χ1) is 14.1. The molecule has 4 nitrogen and oxygen atoms in total. The fourth-order valence-electron chi connectivity index (χ4n) is 2.95. The lowest BCUT2D eigenvalue weighted by molar-refractivity contribution is -0.113. The second-order valence-electron chi connectivity index (χ2n) is 6.72. The van der Waals surface area contributed by atoms with Gasteiger partial charge in [-0.2, -0.15) is 0 Å². The van der Waals surface area contributed by atoms with Gasteiger partial charge >= 0.3 is 0 Å². The third kappa shape index (κ3) is 4.31. The zero-order valence-corrected chi connectivity index (χ0v) is 16.8. The van der Waals surface area contributed by atoms with Crippen molar-refractivity contribution in [3.63, 3.8) is 0 Å². The van der Waals surface area contributed by atoms with E-state index in [1.54, 1.807) is 4.90 Å². The average Bonchev–Trinajstić information content (AvgIpc) is 3.05. The summed E-state index contributed by atoms with van der Waals surface area (Å²) in [5, 5.41) is 9.84. The molecule has 0 atom stereocenters. The minimum Gasteiger partial charge on any atom is -0.392 e. The van der Waals surface area contributed by atoms with Crippen LogP contribution in [0, 0.1) is 6.92 Å². The molecule has 1 amide bonds. The van der Waals surface area contributed by atoms with E-state index in [-0.39, 0.29) is 12.5 Å². The molecule has 3 aromatic rings. The zero-order chi connectivity index (χ0) is 20.2. The summed E-state index contributed by atoms with van der Waals surface area (Å²) in [5.41, 5.74) is 4.50. The topological polar surface area (TPSA) is 52.9 Å². The maximum atomic E-state index is 13.2. The molecule has 144 valence electrons. The summed E-state index contributed by atoms with van der Waals surface area (Å²) in [6, 6.07) is 25.0. The number of hydrogen-bond acceptors (Lipinski definition) is 4. The first-order valence-electron chi connectivity index (χ1n) is 9.28. The Hall–Kier alpha value is -3.15. The number of para-hydroxylation sites is 1. The van der Waals surface area contributed by atoms with Gasteiger partial charge < -0.3 is 5.11 Å². The van der Waals surface area contributed by atoms with Crippen molar-refractivity contribution in [2.45, 2.75) is 13.5 Å². The Morgan fingerprint density at radius 2 is 1.66 bits per heavy atom. The molecule has 3 aromatic carbocycles. The molecule has 29 heavy (non-hydrogen) atoms. The predicted molar refractivity (Wildman–Crippen MR) is 120 cm³/mol. The Balaban J connectivity index is 1.73. The van der Waals surface area contributed by atoms with Crippen LogP contribution in [0.25, 0.3) is 6.08 Å². The zero-order valence-electron chi connectivity index (χ0n) is 15.9. The van der Waals surface area contributed by atoms with Gasteiger partial charge in [-0.25, -0.2) is 4.99 Å². The van der Waals surface area contributed by atoms with Gasteiger partial charge in [0, 0.05) is 0 Å². The van der Waals surface area contributed by atoms with Crippen LogP contribution >= 0.6 is 11.8 Å². The van der Waals surface area contributed by atoms with Gasteiger partial charge in [-0.3, -0.25) is 9.69 Å². The summed E-state index contributed by atoms with van der Waals surface area (Å²) < 4.78 is 0. The number of nitrogens with zero attached hydrogens (tertiary/aromatic N) is 2. The van der Waals surface area contributed by atoms with Gasteiger partial charge in [0.25, 0.3) is 5.91 Å². The third-order valence-electron chi connectivity index (χ3n) is 4.54. The first-order valence-corrected chi connectivity index (χ1v) is 10.1. The van der Waals surface area contributed by atoms with Crippen LogP contribution in [0.2, 0.25) is 0 Å². The van der Waals surface area contributed by atoms with E-state index in [2.05, 4.69) is 0 Å². The van der Waals surface area contributed by atoms with E-state index >= 15 is 0 Å². The first kappa shape index (κ1) is 19.2. The molecule has 1 aliphatic rings. The third-order valence-corrected chi connectivity index (χ3v) is 5.51. The number of hydrogen-bond donors (Lipinski definition) is 1. The summed E-state index contributed by atoms with van der Waals surface area (Å²) in [5.74, 6) is -0.0988. The molecule has 0 saturated carbocycles. The monoisotopic (exact) mass is 400 g/mol. The van der Waals surface area contributed by atoms with Crippen LogP contribution in [-0.2, 0) is 11.4 Å². The van der Waals surface area contributed by atoms with E-state index in [4.69, 9.17) is 4.99 Å². The van der Waals surface area contributed by atoms with Crippen LogP contribution in [0.15, 0.2) is 88.8 Å². The number of benzene rings is 3. The van der Waals surface area contributed by atoms with E-state index in [0.717, 1.165) is 28.1 Å². The van der Waals surface area contributed by atoms with Gasteiger partial charge in [0.2, 0.25) is 0 Å². The highest BCUT2D eigenvalue weighted by Crippen LogP contribution is 2.37. The Morgan fingerprint density at radius 3 is 2.31 bits per heavy atom. The Kier molecular flexibility index (Phi) is 5.60. The predicted octanol–water partition coefficient (Wildman–Crippen LogP) is 5.30. The van der Waals surface area contributed by atoms with Crippen molar-refractivity contribution in [3.05, 3.63) is 100 Å². The van der Waals surface area contributed by atoms with Gasteiger partial charge in [0.1, 0.15) is 0 Å². The highest BCUT2D eigenvalue weighted by atomic mass is 32.2. The summed E-state index contributed by atoms with van der Waals surface area (Å²) in [4.78, 5) is 20.2. The number of aliphatic imine (C=N–C) groups is 1. The van der Waals surface area contributed by atoms with E-state index in [9.17, 15) is 9.90 Å². The molecular weight excluding hydrogens is 380 g/mol. The molecule has 0 aliphatic carbocycles. The molecule has 0 unspecified atom stereocenters. The molecule has 1 saturated heterocycles. The lowest BCUT2D eigenvalue weighted by atomic mass is 10.1. The Bertz CT molecular complexity index is 1070. The normalized spacial score (nSPS) is 16.8. The molecule has 0 aromatic heterocycles. The van der Waals surface area contributed by atoms with Crippen LogP contribution in [-0.4, -0.2) is 16.2 Å². The number of amidine groups is 1. The number of aliphatic hydroxyl groups is 1. The van der Waals surface area contributed by atoms with Crippen LogP contribution in [0.1, 0.15) is 16.7 Å². The van der Waals surface area contributed by atoms with Crippen molar-refractivity contribution in [2.24, 2.45) is 4.99 Å². The van der Waals surface area contributed by atoms with Crippen molar-refractivity contribution >= 4 is 40.3 Å². The minimum absolute atomic E-state index is 0.000325. The lowest BCUT2D eigenvalue weighted by Gasteiger charge is -2.15. The maximum absolute atomic E-state index is 13.2. The lowest BCUT2D eigenvalue weighted by Crippen LogP contribution is -2.28. The maximum Gasteiger partial charge on any atom is 0.271 e. The Labute approximate surface area is 174 Å². The van der Waals surface area contributed by atoms with Gasteiger partial charge in [-0.05, 0) is 60.2 Å². The minimum atomic E-state index is -0.0988. The SMILES string of the molecule is Cc1ccc(/N=C2\S/C(=C\c3ccc(CO)cc3)C(=O)N2c2ccccc2)cc1. The summed E-state index contributed by atoms with van der Waals surface area (Å²) in [6.45, 7) is 2.03. The molecule has 5 heteroatoms. The van der Waals surface area contributed by atoms with E-state index in [1.807, 2.05) is 91.9 Å². The van der Waals surface area contributed by atoms with Crippen molar-refractivity contribution in [2.75, 3.05) is 4.90 Å². The van der Waals surface area contributed by atoms with Gasteiger partial charge in [0.15, 0.2) is 5.17 Å². The summed E-state index contributed by atoms with van der Waals surface area (Å²) in [6.07, 6.45) is 1.86. The van der Waals surface area contributed by atoms with Crippen molar-refractivity contribution < 1.29 is 9.90 Å². The van der Waals surface area contributed by atoms with Gasteiger partial charge in [-0.15, -0.1) is 0 Å². The highest BCUT2D eigenvalue weighted by molar-refractivity contribution is 8.19. The quantitative estimate of drug-likeness (QED) is 0.605. The largest absolute Gasteiger partial charge is 0.392 e. The van der Waals surface area contributed by atoms with E-state index in [1.165, 1.54) is 11.8 Å². The second-order valence-corrected chi connectivity index (χ2v) is 7.73. The average molecular weight is 401 g/mol. The molecule has 1 fully saturated rings. The number of anilines is 1. The summed E-state index contributed by atoms with van der Waals surface area (Å²) >= 11 is 1.36. The summed E-state index contributed by atoms with van der Waals surface area (Å²) in [7, 11) is 0. The van der Waals surface area contributed by atoms with E-state index < -0.39 is 0 Å². The number of aliphatic hydroxyl groups excluding tert-OH is 1. The smallest absolute Gasteiger partial charge is 0.271 e. The molecule has 0 radical (unpaired) electrons. The Morgan fingerprint density at radius 1 is 0.966 bits per heavy atom.